The molecular weight excluding hydrogens is 367 g/mol. The standard InChI is InChI=1S/C20H23FN2O3S/c21-18-10-8-16(9-11-18)5-4-12-22-20(24)17-6-3-7-19(15-17)27(25,26)23-13-1-2-14-23/h3,6-11,15H,1-2,4-5,12-14H2,(H,22,24). The summed E-state index contributed by atoms with van der Waals surface area (Å²) in [6, 6.07) is 12.4. The van der Waals surface area contributed by atoms with Crippen LogP contribution in [0.5, 0.6) is 0 Å². The number of amides is 1. The topological polar surface area (TPSA) is 66.5 Å². The van der Waals surface area contributed by atoms with E-state index >= 15 is 0 Å². The number of rotatable bonds is 7. The molecule has 27 heavy (non-hydrogen) atoms. The number of nitrogens with one attached hydrogen (secondary N) is 1. The number of hydrogen-bond acceptors (Lipinski definition) is 3. The van der Waals surface area contributed by atoms with Crippen molar-refractivity contribution in [1.29, 1.82) is 0 Å². The molecule has 0 bridgehead atoms. The Balaban J connectivity index is 1.56. The summed E-state index contributed by atoms with van der Waals surface area (Å²) in [6.45, 7) is 1.52. The predicted molar refractivity (Wildman–Crippen MR) is 101 cm³/mol. The third kappa shape index (κ3) is 4.93. The second-order valence-electron chi connectivity index (χ2n) is 6.62. The van der Waals surface area contributed by atoms with Gasteiger partial charge < -0.3 is 5.32 Å². The molecule has 3 rings (SSSR count). The molecule has 1 amide bonds. The summed E-state index contributed by atoms with van der Waals surface area (Å²) < 4.78 is 39.6. The monoisotopic (exact) mass is 390 g/mol. The SMILES string of the molecule is O=C(NCCCc1ccc(F)cc1)c1cccc(S(=O)(=O)N2CCCC2)c1. The van der Waals surface area contributed by atoms with Gasteiger partial charge in [-0.3, -0.25) is 4.79 Å². The van der Waals surface area contributed by atoms with E-state index in [0.29, 0.717) is 31.6 Å². The van der Waals surface area contributed by atoms with Gasteiger partial charge in [-0.05, 0) is 61.6 Å². The number of benzene rings is 2. The molecule has 1 saturated heterocycles. The van der Waals surface area contributed by atoms with Crippen LogP contribution in [0.3, 0.4) is 0 Å². The van der Waals surface area contributed by atoms with Crippen molar-refractivity contribution in [2.45, 2.75) is 30.6 Å². The quantitative estimate of drug-likeness (QED) is 0.739. The van der Waals surface area contributed by atoms with E-state index < -0.39 is 10.0 Å². The van der Waals surface area contributed by atoms with Crippen LogP contribution in [0.1, 0.15) is 35.2 Å². The maximum atomic E-state index is 12.9. The highest BCUT2D eigenvalue weighted by molar-refractivity contribution is 7.89. The molecule has 0 saturated carbocycles. The summed E-state index contributed by atoms with van der Waals surface area (Å²) in [5.74, 6) is -0.566. The van der Waals surface area contributed by atoms with Crippen LogP contribution in [0.25, 0.3) is 0 Å². The molecule has 1 aliphatic rings. The number of halogens is 1. The van der Waals surface area contributed by atoms with Crippen molar-refractivity contribution in [3.8, 4) is 0 Å². The van der Waals surface area contributed by atoms with Gasteiger partial charge in [0.2, 0.25) is 10.0 Å². The number of sulfonamides is 1. The third-order valence-corrected chi connectivity index (χ3v) is 6.53. The second-order valence-corrected chi connectivity index (χ2v) is 8.56. The summed E-state index contributed by atoms with van der Waals surface area (Å²) in [6.07, 6.45) is 3.17. The van der Waals surface area contributed by atoms with Crippen LogP contribution in [-0.4, -0.2) is 38.3 Å². The zero-order valence-electron chi connectivity index (χ0n) is 15.0. The second kappa shape index (κ2) is 8.63. The van der Waals surface area contributed by atoms with Crippen LogP contribution in [0, 0.1) is 5.82 Å². The number of carbonyl (C=O) groups is 1. The van der Waals surface area contributed by atoms with Crippen LogP contribution in [0.2, 0.25) is 0 Å². The molecule has 2 aromatic carbocycles. The van der Waals surface area contributed by atoms with Crippen molar-refractivity contribution in [2.24, 2.45) is 0 Å². The van der Waals surface area contributed by atoms with Gasteiger partial charge >= 0.3 is 0 Å². The van der Waals surface area contributed by atoms with Crippen LogP contribution < -0.4 is 5.32 Å². The number of hydrogen-bond donors (Lipinski definition) is 1. The molecule has 0 atom stereocenters. The van der Waals surface area contributed by atoms with Gasteiger partial charge in [0.15, 0.2) is 0 Å². The molecule has 1 heterocycles. The Morgan fingerprint density at radius 2 is 1.78 bits per heavy atom. The molecule has 0 aromatic heterocycles. The van der Waals surface area contributed by atoms with Crippen LogP contribution in [0.15, 0.2) is 53.4 Å². The van der Waals surface area contributed by atoms with E-state index in [4.69, 9.17) is 0 Å². The minimum absolute atomic E-state index is 0.156. The van der Waals surface area contributed by atoms with E-state index in [1.165, 1.54) is 28.6 Å². The van der Waals surface area contributed by atoms with Gasteiger partial charge in [-0.2, -0.15) is 4.31 Å². The molecule has 5 nitrogen and oxygen atoms in total. The van der Waals surface area contributed by atoms with E-state index in [2.05, 4.69) is 5.32 Å². The number of nitrogens with zero attached hydrogens (tertiary/aromatic N) is 1. The van der Waals surface area contributed by atoms with Crippen molar-refractivity contribution >= 4 is 15.9 Å². The largest absolute Gasteiger partial charge is 0.352 e. The summed E-state index contributed by atoms with van der Waals surface area (Å²) in [5.41, 5.74) is 1.33. The normalized spacial score (nSPS) is 15.0. The molecule has 7 heteroatoms. The third-order valence-electron chi connectivity index (χ3n) is 4.64. The average molecular weight is 390 g/mol. The maximum Gasteiger partial charge on any atom is 0.251 e. The Kier molecular flexibility index (Phi) is 6.23. The van der Waals surface area contributed by atoms with Gasteiger partial charge in [0.1, 0.15) is 5.82 Å². The zero-order valence-corrected chi connectivity index (χ0v) is 15.8. The van der Waals surface area contributed by atoms with Crippen molar-refractivity contribution in [1.82, 2.24) is 9.62 Å². The van der Waals surface area contributed by atoms with E-state index in [1.54, 1.807) is 24.3 Å². The molecule has 0 radical (unpaired) electrons. The Morgan fingerprint density at radius 1 is 1.07 bits per heavy atom. The lowest BCUT2D eigenvalue weighted by Gasteiger charge is -2.16. The minimum atomic E-state index is -3.54. The lowest BCUT2D eigenvalue weighted by atomic mass is 10.1. The molecule has 1 fully saturated rings. The Labute approximate surface area is 159 Å². The van der Waals surface area contributed by atoms with Gasteiger partial charge in [0.25, 0.3) is 5.91 Å². The average Bonchev–Trinajstić information content (AvgIpc) is 3.22. The molecular formula is C20H23FN2O3S. The molecule has 144 valence electrons. The van der Waals surface area contributed by atoms with Gasteiger partial charge in [0, 0.05) is 25.2 Å². The van der Waals surface area contributed by atoms with E-state index in [9.17, 15) is 17.6 Å². The molecule has 0 unspecified atom stereocenters. The molecule has 0 spiro atoms. The first-order chi connectivity index (χ1) is 13.0. The van der Waals surface area contributed by atoms with Crippen LogP contribution in [-0.2, 0) is 16.4 Å². The molecule has 1 N–H and O–H groups in total. The minimum Gasteiger partial charge on any atom is -0.352 e. The first-order valence-electron chi connectivity index (χ1n) is 9.10. The molecule has 1 aliphatic heterocycles. The Hall–Kier alpha value is -2.25. The first-order valence-corrected chi connectivity index (χ1v) is 10.5. The van der Waals surface area contributed by atoms with Gasteiger partial charge in [-0.1, -0.05) is 18.2 Å². The Bertz CT molecular complexity index is 892. The van der Waals surface area contributed by atoms with E-state index in [1.807, 2.05) is 0 Å². The maximum absolute atomic E-state index is 12.9. The number of aryl methyl sites for hydroxylation is 1. The van der Waals surface area contributed by atoms with Gasteiger partial charge in [0.05, 0.1) is 4.90 Å². The van der Waals surface area contributed by atoms with Crippen LogP contribution in [0.4, 0.5) is 4.39 Å². The van der Waals surface area contributed by atoms with Crippen molar-refractivity contribution in [3.05, 3.63) is 65.5 Å². The highest BCUT2D eigenvalue weighted by atomic mass is 32.2. The fraction of sp³-hybridized carbons (Fsp3) is 0.350. The smallest absolute Gasteiger partial charge is 0.251 e. The lowest BCUT2D eigenvalue weighted by Crippen LogP contribution is -2.29. The zero-order chi connectivity index (χ0) is 19.3. The van der Waals surface area contributed by atoms with Crippen molar-refractivity contribution in [3.63, 3.8) is 0 Å². The summed E-state index contributed by atoms with van der Waals surface area (Å²) in [5, 5.41) is 2.81. The Morgan fingerprint density at radius 3 is 2.48 bits per heavy atom. The molecule has 0 aliphatic carbocycles. The van der Waals surface area contributed by atoms with Gasteiger partial charge in [-0.15, -0.1) is 0 Å². The predicted octanol–water partition coefficient (Wildman–Crippen LogP) is 2.97. The summed E-state index contributed by atoms with van der Waals surface area (Å²) >= 11 is 0. The fourth-order valence-corrected chi connectivity index (χ4v) is 4.69. The van der Waals surface area contributed by atoms with Crippen molar-refractivity contribution < 1.29 is 17.6 Å². The first kappa shape index (κ1) is 19.5. The number of carbonyl (C=O) groups excluding carboxylic acids is 1. The van der Waals surface area contributed by atoms with Gasteiger partial charge in [-0.25, -0.2) is 12.8 Å². The fourth-order valence-electron chi connectivity index (χ4n) is 3.12. The summed E-state index contributed by atoms with van der Waals surface area (Å²) in [4.78, 5) is 12.5. The van der Waals surface area contributed by atoms with Crippen LogP contribution >= 0.6 is 0 Å². The lowest BCUT2D eigenvalue weighted by molar-refractivity contribution is 0.0953. The summed E-state index contributed by atoms with van der Waals surface area (Å²) in [7, 11) is -3.54. The van der Waals surface area contributed by atoms with E-state index in [-0.39, 0.29) is 16.6 Å². The molecule has 2 aromatic rings. The highest BCUT2D eigenvalue weighted by Crippen LogP contribution is 2.21. The van der Waals surface area contributed by atoms with Crippen molar-refractivity contribution in [2.75, 3.05) is 19.6 Å². The highest BCUT2D eigenvalue weighted by Gasteiger charge is 2.27. The van der Waals surface area contributed by atoms with E-state index in [0.717, 1.165) is 24.8 Å².